The molecule has 0 atom stereocenters. The number of halogens is 2. The van der Waals surface area contributed by atoms with Gasteiger partial charge < -0.3 is 14.8 Å². The lowest BCUT2D eigenvalue weighted by Gasteiger charge is -2.14. The van der Waals surface area contributed by atoms with Gasteiger partial charge in [0.1, 0.15) is 11.6 Å². The van der Waals surface area contributed by atoms with Crippen molar-refractivity contribution in [2.45, 2.75) is 18.2 Å². The fourth-order valence-electron chi connectivity index (χ4n) is 3.30. The highest BCUT2D eigenvalue weighted by Crippen LogP contribution is 2.29. The first-order valence-corrected chi connectivity index (χ1v) is 11.7. The monoisotopic (exact) mass is 490 g/mol. The molecule has 0 aromatic heterocycles. The molecule has 2 N–H and O–H groups in total. The topological polar surface area (TPSA) is 93.7 Å². The fourth-order valence-corrected chi connectivity index (χ4v) is 4.30. The second-order valence-electron chi connectivity index (χ2n) is 7.43. The Hall–Kier alpha value is -3.50. The minimum atomic E-state index is -4.03. The van der Waals surface area contributed by atoms with E-state index in [0.717, 1.165) is 17.7 Å². The van der Waals surface area contributed by atoms with E-state index >= 15 is 0 Å². The van der Waals surface area contributed by atoms with Crippen LogP contribution < -0.4 is 19.5 Å². The van der Waals surface area contributed by atoms with E-state index in [1.807, 2.05) is 6.92 Å². The molecule has 34 heavy (non-hydrogen) atoms. The van der Waals surface area contributed by atoms with Crippen molar-refractivity contribution in [1.82, 2.24) is 4.72 Å². The van der Waals surface area contributed by atoms with Crippen LogP contribution in [-0.2, 0) is 21.2 Å². The van der Waals surface area contributed by atoms with Crippen LogP contribution in [0, 0.1) is 18.6 Å². The minimum Gasteiger partial charge on any atom is -0.493 e. The standard InChI is InChI=1S/C24H24F2N2O5S/c1-15-7-9-21(16(11-15)12-18-19(25)5-4-6-20(18)26)28-24(29)14-27-34(30,31)17-8-10-22(32-2)23(13-17)33-3/h4-11,13,27H,12,14H2,1-3H3,(H,28,29). The highest BCUT2D eigenvalue weighted by molar-refractivity contribution is 7.89. The Kier molecular flexibility index (Phi) is 7.85. The van der Waals surface area contributed by atoms with Crippen molar-refractivity contribution in [3.05, 3.63) is 82.9 Å². The molecule has 0 spiro atoms. The first kappa shape index (κ1) is 25.1. The molecular formula is C24H24F2N2O5S. The molecule has 0 fully saturated rings. The van der Waals surface area contributed by atoms with Crippen LogP contribution >= 0.6 is 0 Å². The van der Waals surface area contributed by atoms with E-state index < -0.39 is 34.1 Å². The van der Waals surface area contributed by atoms with E-state index in [2.05, 4.69) is 10.0 Å². The molecule has 10 heteroatoms. The van der Waals surface area contributed by atoms with Crippen molar-refractivity contribution in [2.75, 3.05) is 26.1 Å². The number of aryl methyl sites for hydroxylation is 1. The van der Waals surface area contributed by atoms with Gasteiger partial charge in [0.25, 0.3) is 0 Å². The Morgan fingerprint density at radius 1 is 0.941 bits per heavy atom. The molecule has 3 aromatic rings. The third kappa shape index (κ3) is 5.89. The Labute approximate surface area is 196 Å². The third-order valence-electron chi connectivity index (χ3n) is 5.05. The van der Waals surface area contributed by atoms with Crippen LogP contribution in [0.15, 0.2) is 59.5 Å². The van der Waals surface area contributed by atoms with Crippen molar-refractivity contribution in [2.24, 2.45) is 0 Å². The predicted octanol–water partition coefficient (Wildman–Crippen LogP) is 3.80. The van der Waals surface area contributed by atoms with Gasteiger partial charge in [0.2, 0.25) is 15.9 Å². The largest absolute Gasteiger partial charge is 0.493 e. The summed E-state index contributed by atoms with van der Waals surface area (Å²) in [5.41, 5.74) is 1.51. The second-order valence-corrected chi connectivity index (χ2v) is 9.19. The van der Waals surface area contributed by atoms with E-state index in [9.17, 15) is 22.0 Å². The molecule has 7 nitrogen and oxygen atoms in total. The van der Waals surface area contributed by atoms with Gasteiger partial charge in [0.05, 0.1) is 25.7 Å². The number of methoxy groups -OCH3 is 2. The molecule has 3 aromatic carbocycles. The maximum absolute atomic E-state index is 14.1. The summed E-state index contributed by atoms with van der Waals surface area (Å²) in [5, 5.41) is 2.61. The molecule has 0 saturated heterocycles. The number of hydrogen-bond donors (Lipinski definition) is 2. The van der Waals surface area contributed by atoms with Gasteiger partial charge in [-0.2, -0.15) is 0 Å². The number of hydrogen-bond acceptors (Lipinski definition) is 5. The Morgan fingerprint density at radius 3 is 2.26 bits per heavy atom. The zero-order valence-electron chi connectivity index (χ0n) is 18.8. The van der Waals surface area contributed by atoms with Gasteiger partial charge >= 0.3 is 0 Å². The van der Waals surface area contributed by atoms with Crippen molar-refractivity contribution < 1.29 is 31.5 Å². The van der Waals surface area contributed by atoms with E-state index in [-0.39, 0.29) is 22.6 Å². The first-order valence-electron chi connectivity index (χ1n) is 10.2. The van der Waals surface area contributed by atoms with Crippen molar-refractivity contribution >= 4 is 21.6 Å². The first-order chi connectivity index (χ1) is 16.1. The normalized spacial score (nSPS) is 11.2. The Bertz CT molecular complexity index is 1290. The van der Waals surface area contributed by atoms with Gasteiger partial charge in [-0.25, -0.2) is 21.9 Å². The van der Waals surface area contributed by atoms with E-state index in [1.54, 1.807) is 18.2 Å². The van der Waals surface area contributed by atoms with Crippen LogP contribution in [0.1, 0.15) is 16.7 Å². The second kappa shape index (κ2) is 10.6. The van der Waals surface area contributed by atoms with Crippen LogP contribution in [0.4, 0.5) is 14.5 Å². The van der Waals surface area contributed by atoms with Gasteiger partial charge in [-0.15, -0.1) is 0 Å². The average molecular weight is 491 g/mol. The number of sulfonamides is 1. The molecule has 0 aliphatic rings. The number of amides is 1. The molecule has 0 saturated carbocycles. The quantitative estimate of drug-likeness (QED) is 0.476. The molecule has 3 rings (SSSR count). The maximum atomic E-state index is 14.1. The minimum absolute atomic E-state index is 0.0901. The van der Waals surface area contributed by atoms with Gasteiger partial charge in [0.15, 0.2) is 11.5 Å². The number of benzene rings is 3. The van der Waals surface area contributed by atoms with Crippen LogP contribution in [0.3, 0.4) is 0 Å². The van der Waals surface area contributed by atoms with Crippen molar-refractivity contribution in [3.63, 3.8) is 0 Å². The van der Waals surface area contributed by atoms with Crippen molar-refractivity contribution in [1.29, 1.82) is 0 Å². The summed E-state index contributed by atoms with van der Waals surface area (Å²) in [6.45, 7) is 1.25. The summed E-state index contributed by atoms with van der Waals surface area (Å²) in [6, 6.07) is 12.7. The van der Waals surface area contributed by atoms with Gasteiger partial charge in [0, 0.05) is 23.7 Å². The number of nitrogens with one attached hydrogen (secondary N) is 2. The lowest BCUT2D eigenvalue weighted by atomic mass is 10.00. The molecule has 0 radical (unpaired) electrons. The smallest absolute Gasteiger partial charge is 0.241 e. The number of carbonyl (C=O) groups is 1. The highest BCUT2D eigenvalue weighted by atomic mass is 32.2. The summed E-state index contributed by atoms with van der Waals surface area (Å²) < 4.78 is 65.9. The molecule has 1 amide bonds. The molecule has 0 aliphatic heterocycles. The van der Waals surface area contributed by atoms with Crippen LogP contribution in [0.5, 0.6) is 11.5 Å². The van der Waals surface area contributed by atoms with Crippen LogP contribution in [0.25, 0.3) is 0 Å². The molecule has 0 heterocycles. The average Bonchev–Trinajstić information content (AvgIpc) is 2.81. The molecule has 0 unspecified atom stereocenters. The molecule has 0 aliphatic carbocycles. The Morgan fingerprint density at radius 2 is 1.62 bits per heavy atom. The third-order valence-corrected chi connectivity index (χ3v) is 6.45. The van der Waals surface area contributed by atoms with Crippen molar-refractivity contribution in [3.8, 4) is 11.5 Å². The van der Waals surface area contributed by atoms with E-state index in [4.69, 9.17) is 9.47 Å². The number of ether oxygens (including phenoxy) is 2. The molecule has 0 bridgehead atoms. The van der Waals surface area contributed by atoms with Gasteiger partial charge in [-0.3, -0.25) is 4.79 Å². The summed E-state index contributed by atoms with van der Waals surface area (Å²) in [5.74, 6) is -1.46. The maximum Gasteiger partial charge on any atom is 0.241 e. The number of rotatable bonds is 9. The van der Waals surface area contributed by atoms with Crippen LogP contribution in [0.2, 0.25) is 0 Å². The SMILES string of the molecule is COc1ccc(S(=O)(=O)NCC(=O)Nc2ccc(C)cc2Cc2c(F)cccc2F)cc1OC. The predicted molar refractivity (Wildman–Crippen MR) is 124 cm³/mol. The van der Waals surface area contributed by atoms with Gasteiger partial charge in [-0.1, -0.05) is 23.8 Å². The zero-order valence-corrected chi connectivity index (χ0v) is 19.6. The highest BCUT2D eigenvalue weighted by Gasteiger charge is 2.19. The summed E-state index contributed by atoms with van der Waals surface area (Å²) >= 11 is 0. The molecule has 180 valence electrons. The number of anilines is 1. The Balaban J connectivity index is 1.74. The summed E-state index contributed by atoms with van der Waals surface area (Å²) in [6.07, 6.45) is -0.0901. The molecular weight excluding hydrogens is 466 g/mol. The lowest BCUT2D eigenvalue weighted by Crippen LogP contribution is -2.33. The van der Waals surface area contributed by atoms with E-state index in [1.165, 1.54) is 38.5 Å². The summed E-state index contributed by atoms with van der Waals surface area (Å²) in [4.78, 5) is 12.4. The zero-order chi connectivity index (χ0) is 24.9. The van der Waals surface area contributed by atoms with Crippen LogP contribution in [-0.4, -0.2) is 35.1 Å². The fraction of sp³-hybridized carbons (Fsp3) is 0.208. The lowest BCUT2D eigenvalue weighted by molar-refractivity contribution is -0.115. The number of carbonyl (C=O) groups excluding carboxylic acids is 1. The van der Waals surface area contributed by atoms with E-state index in [0.29, 0.717) is 17.0 Å². The van der Waals surface area contributed by atoms with Gasteiger partial charge in [-0.05, 0) is 42.8 Å². The summed E-state index contributed by atoms with van der Waals surface area (Å²) in [7, 11) is -1.23.